The van der Waals surface area contributed by atoms with Crippen molar-refractivity contribution in [2.45, 2.75) is 19.8 Å². The predicted molar refractivity (Wildman–Crippen MR) is 180 cm³/mol. The highest BCUT2D eigenvalue weighted by Crippen LogP contribution is 2.36. The maximum absolute atomic E-state index is 13.7. The van der Waals surface area contributed by atoms with Gasteiger partial charge in [-0.2, -0.15) is 5.10 Å². The van der Waals surface area contributed by atoms with Gasteiger partial charge in [-0.15, -0.1) is 0 Å². The first-order valence-electron chi connectivity index (χ1n) is 16.1. The van der Waals surface area contributed by atoms with Gasteiger partial charge in [0.1, 0.15) is 5.82 Å². The summed E-state index contributed by atoms with van der Waals surface area (Å²) in [6, 6.07) is 21.9. The van der Waals surface area contributed by atoms with Gasteiger partial charge in [-0.1, -0.05) is 6.92 Å². The highest BCUT2D eigenvalue weighted by Gasteiger charge is 2.43. The number of hydrogen-bond donors (Lipinski definition) is 2. The van der Waals surface area contributed by atoms with Crippen molar-refractivity contribution >= 4 is 34.1 Å². The fourth-order valence-electron chi connectivity index (χ4n) is 6.69. The van der Waals surface area contributed by atoms with Gasteiger partial charge in [0.05, 0.1) is 23.2 Å². The van der Waals surface area contributed by atoms with Gasteiger partial charge in [0.25, 0.3) is 0 Å². The number of anilines is 2. The van der Waals surface area contributed by atoms with Gasteiger partial charge in [-0.3, -0.25) is 19.6 Å². The third kappa shape index (κ3) is 6.31. The molecule has 240 valence electrons. The Balaban J connectivity index is 0.939. The number of nitrogens with zero attached hydrogens (tertiary/aromatic N) is 6. The third-order valence-corrected chi connectivity index (χ3v) is 9.58. The topological polar surface area (TPSA) is 110 Å². The second-order valence-corrected chi connectivity index (χ2v) is 12.4. The van der Waals surface area contributed by atoms with Crippen molar-refractivity contribution in [2.24, 2.45) is 5.41 Å². The van der Waals surface area contributed by atoms with E-state index in [1.165, 1.54) is 12.1 Å². The fraction of sp³-hybridized carbons (Fsp3) is 0.306. The van der Waals surface area contributed by atoms with Crippen LogP contribution in [-0.2, 0) is 9.59 Å². The lowest BCUT2D eigenvalue weighted by Gasteiger charge is -2.37. The molecule has 10 nitrogen and oxygen atoms in total. The van der Waals surface area contributed by atoms with Crippen LogP contribution in [0, 0.1) is 11.2 Å². The first kappa shape index (κ1) is 30.5. The van der Waals surface area contributed by atoms with Crippen LogP contribution < -0.4 is 10.2 Å². The highest BCUT2D eigenvalue weighted by atomic mass is 19.1. The van der Waals surface area contributed by atoms with Crippen LogP contribution in [0.25, 0.3) is 33.5 Å². The van der Waals surface area contributed by atoms with E-state index in [1.54, 1.807) is 30.6 Å². The summed E-state index contributed by atoms with van der Waals surface area (Å²) in [4.78, 5) is 42.1. The molecule has 5 aromatic rings. The average molecular weight is 633 g/mol. The summed E-state index contributed by atoms with van der Waals surface area (Å²) < 4.78 is 13.5. The molecule has 2 fully saturated rings. The Hall–Kier alpha value is -5.16. The molecule has 47 heavy (non-hydrogen) atoms. The molecule has 1 atom stereocenters. The summed E-state index contributed by atoms with van der Waals surface area (Å²) in [6.07, 6.45) is 4.84. The molecule has 0 radical (unpaired) electrons. The van der Waals surface area contributed by atoms with Gasteiger partial charge in [0.15, 0.2) is 5.82 Å². The molecule has 7 rings (SSSR count). The van der Waals surface area contributed by atoms with Crippen molar-refractivity contribution in [3.05, 3.63) is 91.0 Å². The molecule has 0 spiro atoms. The van der Waals surface area contributed by atoms with Crippen LogP contribution in [0.5, 0.6) is 0 Å². The van der Waals surface area contributed by atoms with E-state index in [0.717, 1.165) is 40.8 Å². The van der Waals surface area contributed by atoms with Crippen LogP contribution in [0.1, 0.15) is 19.8 Å². The number of amides is 2. The van der Waals surface area contributed by atoms with Gasteiger partial charge in [-0.05, 0) is 92.2 Å². The zero-order chi connectivity index (χ0) is 32.4. The van der Waals surface area contributed by atoms with Crippen molar-refractivity contribution < 1.29 is 14.0 Å². The minimum atomic E-state index is -0.582. The van der Waals surface area contributed by atoms with Gasteiger partial charge in [0, 0.05) is 73.0 Å². The predicted octanol–water partition coefficient (Wildman–Crippen LogP) is 5.22. The van der Waals surface area contributed by atoms with Gasteiger partial charge < -0.3 is 15.1 Å². The first-order valence-corrected chi connectivity index (χ1v) is 16.1. The SMILES string of the molecule is CCC1(C(=O)Nc2ccc3[nH]nc(-c4ccc(F)cc4)c3c2)CCN(CC(=O)N2CCN(c3ccc(-c4ncccn4)cc3)CC2)C1. The van der Waals surface area contributed by atoms with Crippen LogP contribution in [0.2, 0.25) is 0 Å². The van der Waals surface area contributed by atoms with Gasteiger partial charge in [-0.25, -0.2) is 14.4 Å². The number of carbonyl (C=O) groups is 2. The Bertz CT molecular complexity index is 1870. The number of carbonyl (C=O) groups excluding carboxylic acids is 2. The maximum Gasteiger partial charge on any atom is 0.236 e. The Morgan fingerprint density at radius 2 is 1.64 bits per heavy atom. The molecule has 11 heteroatoms. The van der Waals surface area contributed by atoms with E-state index >= 15 is 0 Å². The summed E-state index contributed by atoms with van der Waals surface area (Å²) in [5, 5.41) is 11.4. The number of halogens is 1. The molecule has 1 unspecified atom stereocenters. The van der Waals surface area contributed by atoms with E-state index in [9.17, 15) is 14.0 Å². The number of hydrogen-bond acceptors (Lipinski definition) is 7. The first-order chi connectivity index (χ1) is 22.9. The molecular weight excluding hydrogens is 595 g/mol. The lowest BCUT2D eigenvalue weighted by molar-refractivity contribution is -0.133. The molecule has 2 N–H and O–H groups in total. The fourth-order valence-corrected chi connectivity index (χ4v) is 6.69. The molecular formula is C36H37FN8O2. The normalized spacial score (nSPS) is 18.5. The van der Waals surface area contributed by atoms with E-state index in [1.807, 2.05) is 42.2 Å². The molecule has 3 aromatic carbocycles. The molecule has 2 amide bonds. The van der Waals surface area contributed by atoms with Crippen LogP contribution in [0.15, 0.2) is 85.2 Å². The zero-order valence-corrected chi connectivity index (χ0v) is 26.3. The number of fused-ring (bicyclic) bond motifs is 1. The summed E-state index contributed by atoms with van der Waals surface area (Å²) in [6.45, 7) is 6.42. The van der Waals surface area contributed by atoms with Crippen molar-refractivity contribution in [3.63, 3.8) is 0 Å². The lowest BCUT2D eigenvalue weighted by atomic mass is 9.83. The van der Waals surface area contributed by atoms with Crippen molar-refractivity contribution in [3.8, 4) is 22.6 Å². The van der Waals surface area contributed by atoms with Crippen LogP contribution in [0.4, 0.5) is 15.8 Å². The largest absolute Gasteiger partial charge is 0.368 e. The Morgan fingerprint density at radius 1 is 0.915 bits per heavy atom. The summed E-state index contributed by atoms with van der Waals surface area (Å²) >= 11 is 0. The quantitative estimate of drug-likeness (QED) is 0.242. The second kappa shape index (κ2) is 12.9. The number of nitrogens with one attached hydrogen (secondary N) is 2. The molecule has 2 aromatic heterocycles. The highest BCUT2D eigenvalue weighted by molar-refractivity contribution is 6.00. The number of aromatic nitrogens is 4. The minimum Gasteiger partial charge on any atom is -0.368 e. The number of rotatable bonds is 8. The van der Waals surface area contributed by atoms with Crippen LogP contribution in [-0.4, -0.2) is 87.6 Å². The molecule has 2 aliphatic rings. The average Bonchev–Trinajstić information content (AvgIpc) is 3.74. The Labute approximate surface area is 272 Å². The number of H-pyrrole nitrogens is 1. The molecule has 2 saturated heterocycles. The summed E-state index contributed by atoms with van der Waals surface area (Å²) in [5.74, 6) is 0.458. The van der Waals surface area contributed by atoms with E-state index in [-0.39, 0.29) is 17.6 Å². The molecule has 2 aliphatic heterocycles. The lowest BCUT2D eigenvalue weighted by Crippen LogP contribution is -2.51. The smallest absolute Gasteiger partial charge is 0.236 e. The molecule has 0 bridgehead atoms. The summed E-state index contributed by atoms with van der Waals surface area (Å²) in [7, 11) is 0. The standard InChI is InChI=1S/C36H37FN8O2/c1-2-36(35(47)40-28-10-13-31-30(22-28)33(42-41-31)25-4-8-27(37)9-5-25)14-17-43(24-36)23-32(46)45-20-18-44(19-21-45)29-11-6-26(7-12-29)34-38-15-3-16-39-34/h3-13,15-16,22H,2,14,17-21,23-24H2,1H3,(H,40,47)(H,41,42). The number of benzene rings is 3. The van der Waals surface area contributed by atoms with Crippen molar-refractivity contribution in [2.75, 3.05) is 56.0 Å². The number of likely N-dealkylation sites (tertiary alicyclic amines) is 1. The number of piperazine rings is 1. The van der Waals surface area contributed by atoms with Crippen molar-refractivity contribution in [1.29, 1.82) is 0 Å². The monoisotopic (exact) mass is 632 g/mol. The zero-order valence-electron chi connectivity index (χ0n) is 26.3. The third-order valence-electron chi connectivity index (χ3n) is 9.58. The Morgan fingerprint density at radius 3 is 2.36 bits per heavy atom. The van der Waals surface area contributed by atoms with Crippen LogP contribution in [0.3, 0.4) is 0 Å². The van der Waals surface area contributed by atoms with Gasteiger partial charge >= 0.3 is 0 Å². The van der Waals surface area contributed by atoms with Gasteiger partial charge in [0.2, 0.25) is 11.8 Å². The second-order valence-electron chi connectivity index (χ2n) is 12.4. The molecule has 0 saturated carbocycles. The maximum atomic E-state index is 13.7. The molecule has 0 aliphatic carbocycles. The number of aromatic amines is 1. The van der Waals surface area contributed by atoms with Crippen LogP contribution >= 0.6 is 0 Å². The molecule has 4 heterocycles. The van der Waals surface area contributed by atoms with E-state index < -0.39 is 5.41 Å². The van der Waals surface area contributed by atoms with E-state index in [0.29, 0.717) is 62.8 Å². The summed E-state index contributed by atoms with van der Waals surface area (Å²) in [5.41, 5.74) is 4.50. The minimum absolute atomic E-state index is 0.0421. The van der Waals surface area contributed by atoms with Crippen molar-refractivity contribution in [1.82, 2.24) is 30.0 Å². The van der Waals surface area contributed by atoms with E-state index in [2.05, 4.69) is 47.4 Å². The Kier molecular flexibility index (Phi) is 8.38. The van der Waals surface area contributed by atoms with E-state index in [4.69, 9.17) is 0 Å².